The number of nitrogens with zero attached hydrogens (tertiary/aromatic N) is 1. The largest absolute Gasteiger partial charge is 0.365 e. The molecule has 0 saturated heterocycles. The molecule has 1 aromatic heterocycles. The molecule has 1 radical (unpaired) electrons. The van der Waals surface area contributed by atoms with Crippen molar-refractivity contribution in [3.05, 3.63) is 10.9 Å². The number of hydrogen-bond acceptors (Lipinski definition) is 3. The standard InChI is InChI=1S/C4H3N2O2S/c5-3(7)2-1-9-6-4(2)8/h1H,(H2,5,7). The summed E-state index contributed by atoms with van der Waals surface area (Å²) in [6, 6.07) is 0. The van der Waals surface area contributed by atoms with Gasteiger partial charge >= 0.3 is 0 Å². The van der Waals surface area contributed by atoms with E-state index in [1.165, 1.54) is 5.38 Å². The fraction of sp³-hybridized carbons (Fsp3) is 0. The molecule has 0 aliphatic heterocycles. The van der Waals surface area contributed by atoms with Crippen LogP contribution in [0.5, 0.6) is 5.88 Å². The van der Waals surface area contributed by atoms with Crippen LogP contribution >= 0.6 is 11.5 Å². The zero-order valence-corrected chi connectivity index (χ0v) is 5.14. The molecule has 0 saturated carbocycles. The van der Waals surface area contributed by atoms with E-state index < -0.39 is 11.8 Å². The quantitative estimate of drug-likeness (QED) is 0.617. The molecular formula is C4H3N2O2S. The molecule has 4 nitrogen and oxygen atoms in total. The van der Waals surface area contributed by atoms with E-state index in [2.05, 4.69) is 4.37 Å². The van der Waals surface area contributed by atoms with Crippen molar-refractivity contribution in [3.63, 3.8) is 0 Å². The molecule has 0 aliphatic carbocycles. The Kier molecular flexibility index (Phi) is 1.35. The maximum Gasteiger partial charge on any atom is 0.293 e. The second kappa shape index (κ2) is 2.02. The van der Waals surface area contributed by atoms with Crippen LogP contribution in [0.4, 0.5) is 0 Å². The van der Waals surface area contributed by atoms with E-state index in [0.29, 0.717) is 0 Å². The molecule has 0 unspecified atom stereocenters. The van der Waals surface area contributed by atoms with Gasteiger partial charge in [-0.3, -0.25) is 9.90 Å². The number of aromatic nitrogens is 1. The van der Waals surface area contributed by atoms with E-state index in [1.807, 2.05) is 0 Å². The number of primary amides is 1. The van der Waals surface area contributed by atoms with Gasteiger partial charge in [0, 0.05) is 5.38 Å². The summed E-state index contributed by atoms with van der Waals surface area (Å²) in [7, 11) is 0. The highest BCUT2D eigenvalue weighted by molar-refractivity contribution is 7.04. The van der Waals surface area contributed by atoms with Gasteiger partial charge < -0.3 is 5.73 Å². The fourth-order valence-corrected chi connectivity index (χ4v) is 0.959. The van der Waals surface area contributed by atoms with Crippen LogP contribution in [-0.2, 0) is 5.11 Å². The van der Waals surface area contributed by atoms with Crippen molar-refractivity contribution in [2.24, 2.45) is 5.73 Å². The third-order valence-corrected chi connectivity index (χ3v) is 1.41. The zero-order valence-electron chi connectivity index (χ0n) is 4.33. The molecule has 0 aliphatic rings. The minimum atomic E-state index is -0.714. The lowest BCUT2D eigenvalue weighted by Crippen LogP contribution is -2.09. The van der Waals surface area contributed by atoms with Crippen molar-refractivity contribution in [2.75, 3.05) is 0 Å². The van der Waals surface area contributed by atoms with Gasteiger partial charge in [-0.1, -0.05) is 0 Å². The van der Waals surface area contributed by atoms with E-state index in [0.717, 1.165) is 11.5 Å². The third-order valence-electron chi connectivity index (χ3n) is 0.802. The molecule has 47 valence electrons. The Morgan fingerprint density at radius 2 is 2.44 bits per heavy atom. The molecule has 1 rings (SSSR count). The van der Waals surface area contributed by atoms with Gasteiger partial charge in [0.05, 0.1) is 0 Å². The SMILES string of the molecule is NC(=O)c1csnc1[O]. The fourth-order valence-electron chi connectivity index (χ4n) is 0.390. The molecule has 0 fully saturated rings. The third kappa shape index (κ3) is 0.996. The first kappa shape index (κ1) is 6.03. The highest BCUT2D eigenvalue weighted by atomic mass is 32.1. The molecule has 1 amide bonds. The Balaban J connectivity index is 3.08. The summed E-state index contributed by atoms with van der Waals surface area (Å²) in [4.78, 5) is 10.3. The number of carbonyl (C=O) groups is 1. The average Bonchev–Trinajstić information content (AvgIpc) is 2.13. The van der Waals surface area contributed by atoms with Crippen molar-refractivity contribution in [1.29, 1.82) is 0 Å². The summed E-state index contributed by atoms with van der Waals surface area (Å²) in [6.45, 7) is 0. The Morgan fingerprint density at radius 1 is 1.78 bits per heavy atom. The van der Waals surface area contributed by atoms with E-state index in [1.54, 1.807) is 0 Å². The molecule has 0 bridgehead atoms. The summed E-state index contributed by atoms with van der Waals surface area (Å²) in [5, 5.41) is 11.8. The van der Waals surface area contributed by atoms with Gasteiger partial charge in [0.25, 0.3) is 11.8 Å². The Bertz CT molecular complexity index is 232. The first-order valence-electron chi connectivity index (χ1n) is 2.13. The lowest BCUT2D eigenvalue weighted by atomic mass is 10.3. The van der Waals surface area contributed by atoms with E-state index in [-0.39, 0.29) is 5.56 Å². The maximum absolute atomic E-state index is 10.5. The predicted molar refractivity (Wildman–Crippen MR) is 30.8 cm³/mol. The molecule has 5 heteroatoms. The predicted octanol–water partition coefficient (Wildman–Crippen LogP) is 0.386. The topological polar surface area (TPSA) is 75.9 Å². The molecule has 0 spiro atoms. The molecular weight excluding hydrogens is 140 g/mol. The van der Waals surface area contributed by atoms with Crippen LogP contribution in [0.3, 0.4) is 0 Å². The Labute approximate surface area is 55.1 Å². The number of amides is 1. The summed E-state index contributed by atoms with van der Waals surface area (Å²) in [5.41, 5.74) is 4.76. The number of hydrogen-bond donors (Lipinski definition) is 1. The van der Waals surface area contributed by atoms with Crippen LogP contribution in [0.25, 0.3) is 0 Å². The van der Waals surface area contributed by atoms with E-state index in [9.17, 15) is 9.90 Å². The Hall–Kier alpha value is -1.10. The van der Waals surface area contributed by atoms with Crippen molar-refractivity contribution < 1.29 is 9.90 Å². The normalized spacial score (nSPS) is 9.33. The van der Waals surface area contributed by atoms with Crippen LogP contribution in [0.2, 0.25) is 0 Å². The lowest BCUT2D eigenvalue weighted by molar-refractivity contribution is 0.0996. The second-order valence-electron chi connectivity index (χ2n) is 1.40. The van der Waals surface area contributed by atoms with Crippen molar-refractivity contribution >= 4 is 17.4 Å². The van der Waals surface area contributed by atoms with E-state index in [4.69, 9.17) is 5.73 Å². The number of nitrogens with two attached hydrogens (primary N) is 1. The van der Waals surface area contributed by atoms with Gasteiger partial charge in [-0.2, -0.15) is 4.37 Å². The summed E-state index contributed by atoms with van der Waals surface area (Å²) in [5.74, 6) is -1.25. The average molecular weight is 143 g/mol. The maximum atomic E-state index is 10.5. The molecule has 9 heavy (non-hydrogen) atoms. The second-order valence-corrected chi connectivity index (χ2v) is 2.03. The summed E-state index contributed by atoms with van der Waals surface area (Å²) < 4.78 is 3.32. The van der Waals surface area contributed by atoms with Crippen molar-refractivity contribution in [2.45, 2.75) is 0 Å². The van der Waals surface area contributed by atoms with Gasteiger partial charge in [-0.05, 0) is 11.5 Å². The molecule has 1 heterocycles. The molecule has 0 aromatic carbocycles. The van der Waals surface area contributed by atoms with Gasteiger partial charge in [0.2, 0.25) is 0 Å². The summed E-state index contributed by atoms with van der Waals surface area (Å²) >= 11 is 0.931. The first-order chi connectivity index (χ1) is 4.22. The Morgan fingerprint density at radius 3 is 2.67 bits per heavy atom. The van der Waals surface area contributed by atoms with Crippen LogP contribution in [0, 0.1) is 0 Å². The van der Waals surface area contributed by atoms with E-state index >= 15 is 0 Å². The van der Waals surface area contributed by atoms with Crippen LogP contribution in [-0.4, -0.2) is 10.3 Å². The minimum Gasteiger partial charge on any atom is -0.365 e. The molecule has 2 N–H and O–H groups in total. The van der Waals surface area contributed by atoms with Gasteiger partial charge in [-0.15, -0.1) is 0 Å². The van der Waals surface area contributed by atoms with Gasteiger partial charge in [0.1, 0.15) is 5.56 Å². The van der Waals surface area contributed by atoms with Crippen LogP contribution in [0.1, 0.15) is 10.4 Å². The number of rotatable bonds is 1. The van der Waals surface area contributed by atoms with Crippen molar-refractivity contribution in [3.8, 4) is 5.88 Å². The minimum absolute atomic E-state index is 0.0278. The monoisotopic (exact) mass is 143 g/mol. The van der Waals surface area contributed by atoms with Crippen molar-refractivity contribution in [1.82, 2.24) is 4.37 Å². The number of carbonyl (C=O) groups excluding carboxylic acids is 1. The van der Waals surface area contributed by atoms with Gasteiger partial charge in [0.15, 0.2) is 0 Å². The van der Waals surface area contributed by atoms with Crippen LogP contribution < -0.4 is 5.73 Å². The zero-order chi connectivity index (χ0) is 6.85. The first-order valence-corrected chi connectivity index (χ1v) is 2.96. The summed E-state index contributed by atoms with van der Waals surface area (Å²) in [6.07, 6.45) is 0. The highest BCUT2D eigenvalue weighted by Gasteiger charge is 2.10. The molecule has 1 aromatic rings. The smallest absolute Gasteiger partial charge is 0.293 e. The van der Waals surface area contributed by atoms with Crippen LogP contribution in [0.15, 0.2) is 5.38 Å². The molecule has 0 atom stereocenters. The van der Waals surface area contributed by atoms with Gasteiger partial charge in [-0.25, -0.2) is 0 Å². The lowest BCUT2D eigenvalue weighted by Gasteiger charge is -1.82. The highest BCUT2D eigenvalue weighted by Crippen LogP contribution is 2.15.